The van der Waals surface area contributed by atoms with Crippen LogP contribution in [0.25, 0.3) is 0 Å². The molecule has 2 rings (SSSR count). The molecule has 2 aliphatic heterocycles. The first-order valence-corrected chi connectivity index (χ1v) is 8.19. The molecule has 0 aromatic heterocycles. The molecule has 1 N–H and O–H groups in total. The van der Waals surface area contributed by atoms with Gasteiger partial charge in [-0.1, -0.05) is 33.1 Å². The van der Waals surface area contributed by atoms with Crippen LogP contribution in [-0.4, -0.2) is 36.5 Å². The lowest BCUT2D eigenvalue weighted by atomic mass is 9.89. The summed E-state index contributed by atoms with van der Waals surface area (Å²) in [6.07, 6.45) is 8.57. The molecule has 0 bridgehead atoms. The molecule has 0 aliphatic carbocycles. The maximum absolute atomic E-state index is 12.4. The highest BCUT2D eigenvalue weighted by molar-refractivity contribution is 5.85. The van der Waals surface area contributed by atoms with E-state index >= 15 is 0 Å². The van der Waals surface area contributed by atoms with Gasteiger partial charge in [0.15, 0.2) is 0 Å². The van der Waals surface area contributed by atoms with E-state index in [9.17, 15) is 4.79 Å². The van der Waals surface area contributed by atoms with Gasteiger partial charge in [-0.15, -0.1) is 12.4 Å². The standard InChI is InChI=1S/C16H30N2O.ClH/c1-13(2)6-7-14-8-11-18(12-9-14)16(19)15-5-3-4-10-17-15;/h13-15,17H,3-12H2,1-2H3;1H. The van der Waals surface area contributed by atoms with E-state index in [1.54, 1.807) is 0 Å². The fourth-order valence-electron chi connectivity index (χ4n) is 3.29. The first-order chi connectivity index (χ1) is 9.16. The first-order valence-electron chi connectivity index (χ1n) is 8.19. The molecule has 118 valence electrons. The minimum Gasteiger partial charge on any atom is -0.341 e. The average Bonchev–Trinajstić information content (AvgIpc) is 2.46. The number of piperidine rings is 2. The summed E-state index contributed by atoms with van der Waals surface area (Å²) in [6, 6.07) is 0.112. The second-order valence-corrected chi connectivity index (χ2v) is 6.74. The quantitative estimate of drug-likeness (QED) is 0.865. The van der Waals surface area contributed by atoms with Crippen molar-refractivity contribution in [3.05, 3.63) is 0 Å². The molecular formula is C16H31ClN2O. The largest absolute Gasteiger partial charge is 0.341 e. The summed E-state index contributed by atoms with van der Waals surface area (Å²) in [5, 5.41) is 3.38. The molecule has 3 nitrogen and oxygen atoms in total. The van der Waals surface area contributed by atoms with Crippen LogP contribution in [0.4, 0.5) is 0 Å². The molecule has 1 amide bonds. The predicted molar refractivity (Wildman–Crippen MR) is 86.3 cm³/mol. The molecule has 0 saturated carbocycles. The zero-order chi connectivity index (χ0) is 13.7. The number of halogens is 1. The van der Waals surface area contributed by atoms with Crippen LogP contribution in [0.3, 0.4) is 0 Å². The van der Waals surface area contributed by atoms with E-state index in [0.717, 1.165) is 37.9 Å². The summed E-state index contributed by atoms with van der Waals surface area (Å²) in [5.74, 6) is 2.03. The number of rotatable bonds is 4. The van der Waals surface area contributed by atoms with Gasteiger partial charge in [0, 0.05) is 13.1 Å². The zero-order valence-electron chi connectivity index (χ0n) is 13.1. The smallest absolute Gasteiger partial charge is 0.239 e. The summed E-state index contributed by atoms with van der Waals surface area (Å²) in [4.78, 5) is 14.5. The van der Waals surface area contributed by atoms with Gasteiger partial charge in [0.2, 0.25) is 5.91 Å². The highest BCUT2D eigenvalue weighted by Gasteiger charge is 2.28. The molecule has 1 unspecified atom stereocenters. The van der Waals surface area contributed by atoms with Crippen molar-refractivity contribution in [2.45, 2.75) is 64.8 Å². The molecule has 2 aliphatic rings. The Labute approximate surface area is 130 Å². The highest BCUT2D eigenvalue weighted by Crippen LogP contribution is 2.24. The van der Waals surface area contributed by atoms with Crippen molar-refractivity contribution in [1.82, 2.24) is 10.2 Å². The Morgan fingerprint density at radius 2 is 1.90 bits per heavy atom. The van der Waals surface area contributed by atoms with Gasteiger partial charge in [0.05, 0.1) is 6.04 Å². The number of carbonyl (C=O) groups excluding carboxylic acids is 1. The lowest BCUT2D eigenvalue weighted by Gasteiger charge is -2.35. The second-order valence-electron chi connectivity index (χ2n) is 6.74. The average molecular weight is 303 g/mol. The van der Waals surface area contributed by atoms with Crippen molar-refractivity contribution in [2.24, 2.45) is 11.8 Å². The minimum absolute atomic E-state index is 0. The van der Waals surface area contributed by atoms with Crippen LogP contribution in [0.1, 0.15) is 58.8 Å². The van der Waals surface area contributed by atoms with Crippen molar-refractivity contribution in [2.75, 3.05) is 19.6 Å². The Hall–Kier alpha value is -0.280. The maximum atomic E-state index is 12.4. The van der Waals surface area contributed by atoms with Gasteiger partial charge in [-0.3, -0.25) is 4.79 Å². The van der Waals surface area contributed by atoms with Gasteiger partial charge in [-0.05, 0) is 44.1 Å². The van der Waals surface area contributed by atoms with Gasteiger partial charge in [-0.2, -0.15) is 0 Å². The Morgan fingerprint density at radius 3 is 2.45 bits per heavy atom. The molecule has 0 spiro atoms. The third-order valence-electron chi connectivity index (χ3n) is 4.69. The number of amides is 1. The molecule has 0 radical (unpaired) electrons. The van der Waals surface area contributed by atoms with Gasteiger partial charge >= 0.3 is 0 Å². The van der Waals surface area contributed by atoms with E-state index in [-0.39, 0.29) is 18.4 Å². The van der Waals surface area contributed by atoms with Gasteiger partial charge in [0.1, 0.15) is 0 Å². The van der Waals surface area contributed by atoms with Crippen molar-refractivity contribution < 1.29 is 4.79 Å². The molecule has 0 aromatic carbocycles. The topological polar surface area (TPSA) is 32.3 Å². The van der Waals surface area contributed by atoms with Gasteiger partial charge < -0.3 is 10.2 Å². The SMILES string of the molecule is CC(C)CCC1CCN(C(=O)C2CCCCN2)CC1.Cl. The van der Waals surface area contributed by atoms with E-state index in [2.05, 4.69) is 24.1 Å². The molecule has 2 saturated heterocycles. The monoisotopic (exact) mass is 302 g/mol. The van der Waals surface area contributed by atoms with Crippen molar-refractivity contribution >= 4 is 18.3 Å². The van der Waals surface area contributed by atoms with Crippen LogP contribution < -0.4 is 5.32 Å². The third-order valence-corrected chi connectivity index (χ3v) is 4.69. The third kappa shape index (κ3) is 5.25. The minimum atomic E-state index is 0. The zero-order valence-corrected chi connectivity index (χ0v) is 13.9. The Bertz CT molecular complexity index is 282. The molecule has 2 fully saturated rings. The number of nitrogens with zero attached hydrogens (tertiary/aromatic N) is 1. The predicted octanol–water partition coefficient (Wildman–Crippen LogP) is 3.23. The second kappa shape index (κ2) is 8.89. The lowest BCUT2D eigenvalue weighted by Crippen LogP contribution is -2.50. The van der Waals surface area contributed by atoms with Crippen LogP contribution in [-0.2, 0) is 4.79 Å². The molecule has 2 heterocycles. The van der Waals surface area contributed by atoms with Gasteiger partial charge in [-0.25, -0.2) is 0 Å². The first kappa shape index (κ1) is 17.8. The van der Waals surface area contributed by atoms with Crippen LogP contribution in [0.5, 0.6) is 0 Å². The number of nitrogens with one attached hydrogen (secondary N) is 1. The van der Waals surface area contributed by atoms with Crippen LogP contribution in [0.2, 0.25) is 0 Å². The van der Waals surface area contributed by atoms with E-state index in [1.807, 2.05) is 0 Å². The van der Waals surface area contributed by atoms with E-state index < -0.39 is 0 Å². The molecule has 0 aromatic rings. The normalized spacial score (nSPS) is 24.6. The summed E-state index contributed by atoms with van der Waals surface area (Å²) < 4.78 is 0. The molecule has 1 atom stereocenters. The van der Waals surface area contributed by atoms with E-state index in [0.29, 0.717) is 5.91 Å². The molecule has 20 heavy (non-hydrogen) atoms. The number of hydrogen-bond acceptors (Lipinski definition) is 2. The summed E-state index contributed by atoms with van der Waals surface area (Å²) in [7, 11) is 0. The van der Waals surface area contributed by atoms with E-state index in [1.165, 1.54) is 38.5 Å². The lowest BCUT2D eigenvalue weighted by molar-refractivity contribution is -0.135. The fraction of sp³-hybridized carbons (Fsp3) is 0.938. The Morgan fingerprint density at radius 1 is 1.20 bits per heavy atom. The summed E-state index contributed by atoms with van der Waals surface area (Å²) in [6.45, 7) is 7.58. The fourth-order valence-corrected chi connectivity index (χ4v) is 3.29. The molecular weight excluding hydrogens is 272 g/mol. The van der Waals surface area contributed by atoms with Crippen LogP contribution in [0.15, 0.2) is 0 Å². The molecule has 4 heteroatoms. The highest BCUT2D eigenvalue weighted by atomic mass is 35.5. The van der Waals surface area contributed by atoms with Crippen molar-refractivity contribution in [1.29, 1.82) is 0 Å². The number of hydrogen-bond donors (Lipinski definition) is 1. The Kier molecular flexibility index (Phi) is 7.90. The summed E-state index contributed by atoms with van der Waals surface area (Å²) >= 11 is 0. The van der Waals surface area contributed by atoms with Gasteiger partial charge in [0.25, 0.3) is 0 Å². The van der Waals surface area contributed by atoms with Crippen molar-refractivity contribution in [3.63, 3.8) is 0 Å². The van der Waals surface area contributed by atoms with Crippen LogP contribution in [0, 0.1) is 11.8 Å². The maximum Gasteiger partial charge on any atom is 0.239 e. The number of carbonyl (C=O) groups is 1. The van der Waals surface area contributed by atoms with Crippen molar-refractivity contribution in [3.8, 4) is 0 Å². The van der Waals surface area contributed by atoms with E-state index in [4.69, 9.17) is 0 Å². The van der Waals surface area contributed by atoms with Crippen LogP contribution >= 0.6 is 12.4 Å². The number of likely N-dealkylation sites (tertiary alicyclic amines) is 1. The Balaban J connectivity index is 0.00000200. The summed E-state index contributed by atoms with van der Waals surface area (Å²) in [5.41, 5.74) is 0.